The molecule has 1 saturated heterocycles. The van der Waals surface area contributed by atoms with Crippen LogP contribution in [0.1, 0.15) is 68.4 Å². The number of carbonyl (C=O) groups excluding carboxylic acids is 2. The zero-order valence-electron chi connectivity index (χ0n) is 23.6. The van der Waals surface area contributed by atoms with Crippen LogP contribution in [0, 0.1) is 5.82 Å². The van der Waals surface area contributed by atoms with Crippen LogP contribution in [0.2, 0.25) is 10.0 Å². The maximum absolute atomic E-state index is 15.5. The van der Waals surface area contributed by atoms with Gasteiger partial charge in [0.25, 0.3) is 5.91 Å². The van der Waals surface area contributed by atoms with Gasteiger partial charge in [-0.3, -0.25) is 14.4 Å². The molecule has 0 unspecified atom stereocenters. The molecule has 0 radical (unpaired) electrons. The molecule has 0 spiro atoms. The second-order valence-electron chi connectivity index (χ2n) is 11.1. The van der Waals surface area contributed by atoms with E-state index in [1.807, 2.05) is 21.6 Å². The fourth-order valence-electron chi connectivity index (χ4n) is 5.86. The molecule has 0 bridgehead atoms. The molecule has 5 rings (SSSR count). The minimum Gasteiger partial charge on any atom is -0.366 e. The van der Waals surface area contributed by atoms with Gasteiger partial charge in [0.15, 0.2) is 0 Å². The van der Waals surface area contributed by atoms with E-state index in [4.69, 9.17) is 23.2 Å². The summed E-state index contributed by atoms with van der Waals surface area (Å²) in [4.78, 5) is 42.5. The number of fused-ring (bicyclic) bond motifs is 1. The summed E-state index contributed by atoms with van der Waals surface area (Å²) in [6.07, 6.45) is 4.96. The molecule has 1 aliphatic heterocycles. The molecule has 0 atom stereocenters. The predicted molar refractivity (Wildman–Crippen MR) is 162 cm³/mol. The zero-order chi connectivity index (χ0) is 29.5. The monoisotopic (exact) mass is 600 g/mol. The summed E-state index contributed by atoms with van der Waals surface area (Å²) in [5.41, 5.74) is 1.10. The van der Waals surface area contributed by atoms with Crippen LogP contribution in [0.3, 0.4) is 0 Å². The molecule has 7 nitrogen and oxygen atoms in total. The first kappa shape index (κ1) is 29.4. The van der Waals surface area contributed by atoms with Gasteiger partial charge in [-0.15, -0.1) is 0 Å². The molecule has 10 heteroatoms. The van der Waals surface area contributed by atoms with E-state index in [1.165, 1.54) is 13.0 Å². The Bertz CT molecular complexity index is 1560. The predicted octanol–water partition coefficient (Wildman–Crippen LogP) is 5.94. The number of aromatic nitrogens is 1. The van der Waals surface area contributed by atoms with Crippen molar-refractivity contribution in [3.63, 3.8) is 0 Å². The number of carbonyl (C=O) groups is 2. The molecule has 41 heavy (non-hydrogen) atoms. The number of amides is 2. The van der Waals surface area contributed by atoms with E-state index in [1.54, 1.807) is 23.2 Å². The number of nitrogens with one attached hydrogen (secondary N) is 1. The van der Waals surface area contributed by atoms with E-state index in [0.717, 1.165) is 31.2 Å². The van der Waals surface area contributed by atoms with E-state index < -0.39 is 22.6 Å². The minimum atomic E-state index is -0.513. The van der Waals surface area contributed by atoms with E-state index in [9.17, 15) is 14.4 Å². The van der Waals surface area contributed by atoms with Gasteiger partial charge in [-0.2, -0.15) is 0 Å². The van der Waals surface area contributed by atoms with Gasteiger partial charge in [0.2, 0.25) is 11.3 Å². The molecule has 1 aliphatic carbocycles. The van der Waals surface area contributed by atoms with Gasteiger partial charge in [-0.25, -0.2) is 4.39 Å². The average Bonchev–Trinajstić information content (AvgIpc) is 3.81. The lowest BCUT2D eigenvalue weighted by molar-refractivity contribution is -0.129. The second-order valence-corrected chi connectivity index (χ2v) is 11.9. The molecule has 2 aromatic carbocycles. The summed E-state index contributed by atoms with van der Waals surface area (Å²) in [7, 11) is 0. The first-order chi connectivity index (χ1) is 19.6. The zero-order valence-corrected chi connectivity index (χ0v) is 25.1. The number of anilines is 1. The van der Waals surface area contributed by atoms with Crippen molar-refractivity contribution in [3.8, 4) is 0 Å². The van der Waals surface area contributed by atoms with E-state index in [2.05, 4.69) is 19.2 Å². The quantitative estimate of drug-likeness (QED) is 0.347. The highest BCUT2D eigenvalue weighted by molar-refractivity contribution is 6.42. The minimum absolute atomic E-state index is 0.00173. The van der Waals surface area contributed by atoms with Gasteiger partial charge < -0.3 is 19.7 Å². The van der Waals surface area contributed by atoms with Crippen molar-refractivity contribution in [3.05, 3.63) is 73.7 Å². The van der Waals surface area contributed by atoms with Gasteiger partial charge in [0, 0.05) is 62.7 Å². The normalized spacial score (nSPS) is 15.9. The highest BCUT2D eigenvalue weighted by atomic mass is 35.5. The van der Waals surface area contributed by atoms with Crippen molar-refractivity contribution in [1.82, 2.24) is 14.8 Å². The Balaban J connectivity index is 1.46. The van der Waals surface area contributed by atoms with Crippen molar-refractivity contribution in [2.75, 3.05) is 37.6 Å². The van der Waals surface area contributed by atoms with Gasteiger partial charge >= 0.3 is 0 Å². The largest absolute Gasteiger partial charge is 0.366 e. The molecule has 3 aromatic rings. The summed E-state index contributed by atoms with van der Waals surface area (Å²) in [5, 5.41) is 4.10. The number of halogens is 3. The van der Waals surface area contributed by atoms with Crippen LogP contribution in [-0.4, -0.2) is 54.0 Å². The number of piperazine rings is 1. The van der Waals surface area contributed by atoms with Crippen LogP contribution in [0.4, 0.5) is 10.1 Å². The van der Waals surface area contributed by atoms with Gasteiger partial charge in [0.1, 0.15) is 11.4 Å². The Labute approximate surface area is 249 Å². The Morgan fingerprint density at radius 3 is 2.29 bits per heavy atom. The first-order valence-corrected chi connectivity index (χ1v) is 15.0. The summed E-state index contributed by atoms with van der Waals surface area (Å²) in [5.74, 6) is -0.993. The Morgan fingerprint density at radius 1 is 1.02 bits per heavy atom. The lowest BCUT2D eigenvalue weighted by Crippen LogP contribution is -2.48. The van der Waals surface area contributed by atoms with Crippen molar-refractivity contribution in [2.45, 2.75) is 57.9 Å². The van der Waals surface area contributed by atoms with Gasteiger partial charge in [-0.05, 0) is 55.5 Å². The number of nitrogens with zero attached hydrogens (tertiary/aromatic N) is 3. The highest BCUT2D eigenvalue weighted by Gasteiger charge is 2.32. The lowest BCUT2D eigenvalue weighted by atomic mass is 9.75. The van der Waals surface area contributed by atoms with Crippen molar-refractivity contribution >= 4 is 51.6 Å². The maximum atomic E-state index is 15.5. The van der Waals surface area contributed by atoms with Crippen molar-refractivity contribution < 1.29 is 14.0 Å². The molecule has 2 amide bonds. The standard InChI is InChI=1S/C31H35Cl2FN4O3/c1-4-31(5-2,20-6-9-24(32)25(33)14-20)18-35-30(41)23-17-38(21-7-8-21)27-16-28(26(34)15-22(27)29(23)40)37-12-10-36(11-13-37)19(3)39/h6,9,14-17,21H,4-5,7-8,10-13,18H2,1-3H3,(H,35,41). The third-order valence-corrected chi connectivity index (χ3v) is 9.56. The Kier molecular flexibility index (Phi) is 8.35. The molecular weight excluding hydrogens is 566 g/mol. The van der Waals surface area contributed by atoms with Gasteiger partial charge in [0.05, 0.1) is 21.2 Å². The number of benzene rings is 2. The summed E-state index contributed by atoms with van der Waals surface area (Å²) in [6, 6.07) is 8.64. The number of rotatable bonds is 8. The maximum Gasteiger partial charge on any atom is 0.256 e. The van der Waals surface area contributed by atoms with E-state index in [-0.39, 0.29) is 22.9 Å². The molecule has 2 heterocycles. The Morgan fingerprint density at radius 2 is 1.71 bits per heavy atom. The lowest BCUT2D eigenvalue weighted by Gasteiger charge is -2.36. The summed E-state index contributed by atoms with van der Waals surface area (Å²) < 4.78 is 17.4. The van der Waals surface area contributed by atoms with E-state index >= 15 is 4.39 Å². The first-order valence-electron chi connectivity index (χ1n) is 14.2. The smallest absolute Gasteiger partial charge is 0.256 e. The SMILES string of the molecule is CCC(CC)(CNC(=O)c1cn(C2CC2)c2cc(N3CCN(C(C)=O)CC3)c(F)cc2c1=O)c1ccc(Cl)c(Cl)c1. The summed E-state index contributed by atoms with van der Waals surface area (Å²) >= 11 is 12.4. The molecular formula is C31H35Cl2FN4O3. The van der Waals surface area contributed by atoms with E-state index in [0.29, 0.717) is 54.0 Å². The van der Waals surface area contributed by atoms with Gasteiger partial charge in [-0.1, -0.05) is 43.1 Å². The highest BCUT2D eigenvalue weighted by Crippen LogP contribution is 2.39. The van der Waals surface area contributed by atoms with Crippen molar-refractivity contribution in [2.24, 2.45) is 0 Å². The van der Waals surface area contributed by atoms with Crippen LogP contribution in [0.15, 0.2) is 41.3 Å². The second kappa shape index (κ2) is 11.6. The third-order valence-electron chi connectivity index (χ3n) is 8.82. The molecule has 1 saturated carbocycles. The van der Waals surface area contributed by atoms with Crippen LogP contribution in [0.25, 0.3) is 10.9 Å². The Hall–Kier alpha value is -3.10. The van der Waals surface area contributed by atoms with Crippen LogP contribution < -0.4 is 15.6 Å². The van der Waals surface area contributed by atoms with Crippen LogP contribution >= 0.6 is 23.2 Å². The molecule has 1 aromatic heterocycles. The molecule has 2 fully saturated rings. The topological polar surface area (TPSA) is 74.7 Å². The van der Waals surface area contributed by atoms with Crippen molar-refractivity contribution in [1.29, 1.82) is 0 Å². The number of hydrogen-bond acceptors (Lipinski definition) is 4. The fraction of sp³-hybridized carbons (Fsp3) is 0.452. The summed E-state index contributed by atoms with van der Waals surface area (Å²) in [6.45, 7) is 7.98. The fourth-order valence-corrected chi connectivity index (χ4v) is 6.16. The molecule has 1 N–H and O–H groups in total. The van der Waals surface area contributed by atoms with Crippen LogP contribution in [0.5, 0.6) is 0 Å². The van der Waals surface area contributed by atoms with Crippen LogP contribution in [-0.2, 0) is 10.2 Å². The molecule has 218 valence electrons. The third kappa shape index (κ3) is 5.69. The number of hydrogen-bond donors (Lipinski definition) is 1. The average molecular weight is 602 g/mol. The molecule has 2 aliphatic rings. The number of pyridine rings is 1.